The smallest absolute Gasteiger partial charge is 0.321 e. The Balaban J connectivity index is 3.35. The number of hydrogen-bond acceptors (Lipinski definition) is 5. The maximum absolute atomic E-state index is 12.0. The van der Waals surface area contributed by atoms with Crippen LogP contribution in [-0.4, -0.2) is 40.2 Å². The molecule has 0 saturated heterocycles. The van der Waals surface area contributed by atoms with Crippen molar-refractivity contribution in [3.05, 3.63) is 23.2 Å². The summed E-state index contributed by atoms with van der Waals surface area (Å²) < 4.78 is 48.7. The molecule has 0 fully saturated rings. The highest BCUT2D eigenvalue weighted by atomic mass is 35.5. The Morgan fingerprint density at radius 1 is 1.30 bits per heavy atom. The number of carboxylic acid groups (broad SMARTS) is 1. The predicted molar refractivity (Wildman–Crippen MR) is 72.0 cm³/mol. The van der Waals surface area contributed by atoms with E-state index in [9.17, 15) is 21.6 Å². The van der Waals surface area contributed by atoms with E-state index in [0.717, 1.165) is 31.4 Å². The van der Waals surface area contributed by atoms with E-state index >= 15 is 0 Å². The number of carbonyl (C=O) groups is 1. The highest BCUT2D eigenvalue weighted by Crippen LogP contribution is 2.24. The molecular formula is C10H12ClNO6S2. The summed E-state index contributed by atoms with van der Waals surface area (Å²) in [5, 5.41) is 8.48. The number of aliphatic carboxylic acids is 1. The van der Waals surface area contributed by atoms with E-state index in [1.807, 2.05) is 4.72 Å². The Hall–Kier alpha value is -1.16. The van der Waals surface area contributed by atoms with Crippen molar-refractivity contribution in [1.82, 2.24) is 4.72 Å². The number of sulfonamides is 1. The van der Waals surface area contributed by atoms with Gasteiger partial charge in [-0.25, -0.2) is 16.8 Å². The first-order chi connectivity index (χ1) is 8.95. The lowest BCUT2D eigenvalue weighted by atomic mass is 10.4. The van der Waals surface area contributed by atoms with Crippen LogP contribution < -0.4 is 4.72 Å². The third-order valence-corrected chi connectivity index (χ3v) is 5.46. The van der Waals surface area contributed by atoms with Crippen molar-refractivity contribution in [1.29, 1.82) is 0 Å². The van der Waals surface area contributed by atoms with Crippen molar-refractivity contribution in [3.8, 4) is 0 Å². The van der Waals surface area contributed by atoms with Gasteiger partial charge in [-0.2, -0.15) is 4.72 Å². The molecule has 112 valence electrons. The van der Waals surface area contributed by atoms with Crippen LogP contribution in [0, 0.1) is 0 Å². The molecule has 1 aromatic carbocycles. The number of hydrogen-bond donors (Lipinski definition) is 2. The van der Waals surface area contributed by atoms with Gasteiger partial charge in [0.05, 0.1) is 9.92 Å². The number of benzene rings is 1. The second kappa shape index (κ2) is 5.68. The lowest BCUT2D eigenvalue weighted by Gasteiger charge is -2.12. The average Bonchev–Trinajstić information content (AvgIpc) is 2.26. The third kappa shape index (κ3) is 3.92. The molecule has 0 spiro atoms. The minimum atomic E-state index is -4.25. The number of nitrogens with one attached hydrogen (secondary N) is 1. The molecule has 0 aliphatic heterocycles. The van der Waals surface area contributed by atoms with E-state index < -0.39 is 36.8 Å². The molecule has 0 bridgehead atoms. The second-order valence-electron chi connectivity index (χ2n) is 4.05. The zero-order valence-corrected chi connectivity index (χ0v) is 12.9. The Labute approximate surface area is 121 Å². The van der Waals surface area contributed by atoms with Gasteiger partial charge >= 0.3 is 5.97 Å². The minimum Gasteiger partial charge on any atom is -0.480 e. The number of halogens is 1. The second-order valence-corrected chi connectivity index (χ2v) is 8.15. The van der Waals surface area contributed by atoms with Gasteiger partial charge < -0.3 is 5.11 Å². The molecule has 10 heteroatoms. The zero-order chi connectivity index (χ0) is 15.7. The van der Waals surface area contributed by atoms with Crippen LogP contribution in [0.3, 0.4) is 0 Å². The zero-order valence-electron chi connectivity index (χ0n) is 10.5. The normalized spacial score (nSPS) is 13.9. The van der Waals surface area contributed by atoms with Gasteiger partial charge in [-0.15, -0.1) is 0 Å². The fourth-order valence-corrected chi connectivity index (χ4v) is 3.71. The summed E-state index contributed by atoms with van der Waals surface area (Å²) in [7, 11) is -7.86. The van der Waals surface area contributed by atoms with E-state index in [0.29, 0.717) is 0 Å². The summed E-state index contributed by atoms with van der Waals surface area (Å²) >= 11 is 5.73. The van der Waals surface area contributed by atoms with Crippen LogP contribution in [0.4, 0.5) is 0 Å². The molecule has 0 amide bonds. The average molecular weight is 342 g/mol. The molecule has 0 aliphatic carbocycles. The molecule has 0 radical (unpaired) electrons. The number of sulfone groups is 1. The molecule has 0 aliphatic rings. The first kappa shape index (κ1) is 16.9. The first-order valence-electron chi connectivity index (χ1n) is 5.20. The highest BCUT2D eigenvalue weighted by molar-refractivity contribution is 7.91. The van der Waals surface area contributed by atoms with E-state index in [1.54, 1.807) is 0 Å². The SMILES string of the molecule is CC(NS(=O)(=O)c1cc(S(C)(=O)=O)ccc1Cl)C(=O)O. The minimum absolute atomic E-state index is 0.206. The van der Waals surface area contributed by atoms with Crippen LogP contribution in [0.25, 0.3) is 0 Å². The van der Waals surface area contributed by atoms with Crippen LogP contribution in [0.5, 0.6) is 0 Å². The van der Waals surface area contributed by atoms with Gasteiger partial charge in [0.1, 0.15) is 10.9 Å². The van der Waals surface area contributed by atoms with Gasteiger partial charge in [-0.05, 0) is 25.1 Å². The van der Waals surface area contributed by atoms with E-state index in [1.165, 1.54) is 0 Å². The van der Waals surface area contributed by atoms with Gasteiger partial charge in [0.2, 0.25) is 10.0 Å². The van der Waals surface area contributed by atoms with Gasteiger partial charge in [0.15, 0.2) is 9.84 Å². The number of rotatable bonds is 5. The van der Waals surface area contributed by atoms with Crippen molar-refractivity contribution in [2.75, 3.05) is 6.26 Å². The standard InChI is InChI=1S/C10H12ClNO6S2/c1-6(10(13)14)12-20(17,18)9-5-7(19(2,15)16)3-4-8(9)11/h3-6,12H,1-2H3,(H,13,14). The van der Waals surface area contributed by atoms with Crippen LogP contribution in [0.1, 0.15) is 6.92 Å². The summed E-state index contributed by atoms with van der Waals surface area (Å²) in [5.74, 6) is -1.37. The molecule has 20 heavy (non-hydrogen) atoms. The molecule has 2 N–H and O–H groups in total. The Kier molecular flexibility index (Phi) is 4.80. The van der Waals surface area contributed by atoms with E-state index in [-0.39, 0.29) is 9.92 Å². The van der Waals surface area contributed by atoms with Crippen LogP contribution in [0.15, 0.2) is 28.0 Å². The lowest BCUT2D eigenvalue weighted by Crippen LogP contribution is -2.38. The topological polar surface area (TPSA) is 118 Å². The quantitative estimate of drug-likeness (QED) is 0.805. The lowest BCUT2D eigenvalue weighted by molar-refractivity contribution is -0.138. The van der Waals surface area contributed by atoms with Crippen LogP contribution in [0.2, 0.25) is 5.02 Å². The van der Waals surface area contributed by atoms with Gasteiger partial charge in [-0.1, -0.05) is 11.6 Å². The van der Waals surface area contributed by atoms with Crippen LogP contribution >= 0.6 is 11.6 Å². The molecule has 1 aromatic rings. The van der Waals surface area contributed by atoms with Crippen molar-refractivity contribution >= 4 is 37.4 Å². The summed E-state index contributed by atoms with van der Waals surface area (Å²) in [6, 6.07) is 1.79. The van der Waals surface area contributed by atoms with E-state index in [4.69, 9.17) is 16.7 Å². The summed E-state index contributed by atoms with van der Waals surface area (Å²) in [6.07, 6.45) is 0.917. The molecule has 0 heterocycles. The van der Waals surface area contributed by atoms with Crippen molar-refractivity contribution in [2.45, 2.75) is 22.8 Å². The van der Waals surface area contributed by atoms with E-state index in [2.05, 4.69) is 0 Å². The largest absolute Gasteiger partial charge is 0.480 e. The fourth-order valence-electron chi connectivity index (χ4n) is 1.27. The van der Waals surface area contributed by atoms with Gasteiger partial charge in [0.25, 0.3) is 0 Å². The Morgan fingerprint density at radius 3 is 2.30 bits per heavy atom. The summed E-state index contributed by atoms with van der Waals surface area (Å²) in [4.78, 5) is 9.94. The van der Waals surface area contributed by atoms with Gasteiger partial charge in [0, 0.05) is 6.26 Å². The maximum Gasteiger partial charge on any atom is 0.321 e. The molecule has 0 saturated carbocycles. The Morgan fingerprint density at radius 2 is 1.85 bits per heavy atom. The van der Waals surface area contributed by atoms with Crippen molar-refractivity contribution < 1.29 is 26.7 Å². The maximum atomic E-state index is 12.0. The molecular weight excluding hydrogens is 330 g/mol. The fraction of sp³-hybridized carbons (Fsp3) is 0.300. The Bertz CT molecular complexity index is 741. The first-order valence-corrected chi connectivity index (χ1v) is 8.95. The third-order valence-electron chi connectivity index (χ3n) is 2.32. The summed E-state index contributed by atoms with van der Waals surface area (Å²) in [5.41, 5.74) is 0. The predicted octanol–water partition coefficient (Wildman–Crippen LogP) is 0.495. The van der Waals surface area contributed by atoms with Crippen molar-refractivity contribution in [3.63, 3.8) is 0 Å². The summed E-state index contributed by atoms with van der Waals surface area (Å²) in [6.45, 7) is 1.13. The molecule has 1 unspecified atom stereocenters. The monoisotopic (exact) mass is 341 g/mol. The molecule has 1 rings (SSSR count). The molecule has 1 atom stereocenters. The van der Waals surface area contributed by atoms with Crippen molar-refractivity contribution in [2.24, 2.45) is 0 Å². The molecule has 7 nitrogen and oxygen atoms in total. The number of carboxylic acids is 1. The molecule has 0 aromatic heterocycles. The highest BCUT2D eigenvalue weighted by Gasteiger charge is 2.25. The van der Waals surface area contributed by atoms with Gasteiger partial charge in [-0.3, -0.25) is 4.79 Å². The van der Waals surface area contributed by atoms with Crippen LogP contribution in [-0.2, 0) is 24.7 Å².